The average Bonchev–Trinajstić information content (AvgIpc) is 3.26. The van der Waals surface area contributed by atoms with Crippen LogP contribution in [0.4, 0.5) is 11.4 Å². The highest BCUT2D eigenvalue weighted by Gasteiger charge is 2.29. The fraction of sp³-hybridized carbons (Fsp3) is 0.179. The summed E-state index contributed by atoms with van der Waals surface area (Å²) in [7, 11) is 1.29. The zero-order valence-electron chi connectivity index (χ0n) is 20.2. The fourth-order valence-corrected chi connectivity index (χ4v) is 4.16. The molecule has 3 aromatic carbocycles. The molecule has 2 amide bonds. The Bertz CT molecular complexity index is 1350. The normalized spacial score (nSPS) is 13.4. The lowest BCUT2D eigenvalue weighted by atomic mass is 9.99. The number of carbonyl (C=O) groups is 3. The second-order valence-corrected chi connectivity index (χ2v) is 8.27. The maximum Gasteiger partial charge on any atom is 0.337 e. The number of aliphatic hydroxyl groups is 2. The third-order valence-electron chi connectivity index (χ3n) is 5.90. The SMILES string of the molecule is COC(=O)c1ccc2c(c1)NC(=O)/C2=C(\Nc1cccc(C(=O)N(CCO)CCO)c1)c1ccccc1. The number of aliphatic hydroxyl groups excluding tert-OH is 2. The van der Waals surface area contributed by atoms with E-state index in [-0.39, 0.29) is 38.1 Å². The van der Waals surface area contributed by atoms with Crippen LogP contribution in [0.5, 0.6) is 0 Å². The number of nitrogens with zero attached hydrogens (tertiary/aromatic N) is 1. The van der Waals surface area contributed by atoms with Gasteiger partial charge < -0.3 is 30.5 Å². The number of esters is 1. The molecule has 0 saturated carbocycles. The lowest BCUT2D eigenvalue weighted by molar-refractivity contribution is -0.110. The minimum atomic E-state index is -0.506. The minimum absolute atomic E-state index is 0.0981. The Labute approximate surface area is 214 Å². The lowest BCUT2D eigenvalue weighted by Crippen LogP contribution is -2.35. The topological polar surface area (TPSA) is 128 Å². The summed E-state index contributed by atoms with van der Waals surface area (Å²) in [6, 6.07) is 21.0. The van der Waals surface area contributed by atoms with Crippen molar-refractivity contribution in [3.63, 3.8) is 0 Å². The van der Waals surface area contributed by atoms with Gasteiger partial charge in [0.05, 0.1) is 42.8 Å². The van der Waals surface area contributed by atoms with Gasteiger partial charge in [-0.1, -0.05) is 42.5 Å². The number of amides is 2. The van der Waals surface area contributed by atoms with Crippen LogP contribution in [-0.4, -0.2) is 66.3 Å². The molecular formula is C28H27N3O6. The average molecular weight is 502 g/mol. The standard InChI is InChI=1S/C28H27N3O6/c1-37-28(36)20-10-11-22-23(17-20)30-26(34)24(22)25(18-6-3-2-4-7-18)29-21-9-5-8-19(16-21)27(35)31(12-14-32)13-15-33/h2-11,16-17,29,32-33H,12-15H2,1H3,(H,30,34)/b25-24-. The van der Waals surface area contributed by atoms with Crippen molar-refractivity contribution in [1.82, 2.24) is 4.90 Å². The van der Waals surface area contributed by atoms with Crippen LogP contribution in [0.2, 0.25) is 0 Å². The van der Waals surface area contributed by atoms with Crippen LogP contribution >= 0.6 is 0 Å². The number of hydrogen-bond donors (Lipinski definition) is 4. The van der Waals surface area contributed by atoms with E-state index < -0.39 is 5.97 Å². The van der Waals surface area contributed by atoms with E-state index in [4.69, 9.17) is 4.74 Å². The summed E-state index contributed by atoms with van der Waals surface area (Å²) in [5.41, 5.74) is 4.02. The van der Waals surface area contributed by atoms with Crippen LogP contribution in [0.3, 0.4) is 0 Å². The largest absolute Gasteiger partial charge is 0.465 e. The minimum Gasteiger partial charge on any atom is -0.465 e. The van der Waals surface area contributed by atoms with Crippen molar-refractivity contribution in [2.75, 3.05) is 44.0 Å². The maximum absolute atomic E-state index is 13.2. The quantitative estimate of drug-likeness (QED) is 0.262. The monoisotopic (exact) mass is 501 g/mol. The van der Waals surface area contributed by atoms with Crippen LogP contribution in [0, 0.1) is 0 Å². The first-order chi connectivity index (χ1) is 18.0. The van der Waals surface area contributed by atoms with Gasteiger partial charge in [-0.05, 0) is 35.9 Å². The Balaban J connectivity index is 1.77. The summed E-state index contributed by atoms with van der Waals surface area (Å²) >= 11 is 0. The molecule has 1 heterocycles. The van der Waals surface area contributed by atoms with Crippen molar-refractivity contribution in [3.05, 3.63) is 95.1 Å². The molecule has 1 aliphatic heterocycles. The molecule has 9 nitrogen and oxygen atoms in total. The van der Waals surface area contributed by atoms with Gasteiger partial charge >= 0.3 is 5.97 Å². The molecule has 0 atom stereocenters. The number of hydrogen-bond acceptors (Lipinski definition) is 7. The van der Waals surface area contributed by atoms with E-state index in [1.54, 1.807) is 42.5 Å². The van der Waals surface area contributed by atoms with Crippen molar-refractivity contribution >= 4 is 40.4 Å². The van der Waals surface area contributed by atoms with Gasteiger partial charge in [0.25, 0.3) is 11.8 Å². The molecule has 0 aromatic heterocycles. The Hall–Kier alpha value is -4.47. The highest BCUT2D eigenvalue weighted by atomic mass is 16.5. The lowest BCUT2D eigenvalue weighted by Gasteiger charge is -2.21. The third kappa shape index (κ3) is 5.53. The highest BCUT2D eigenvalue weighted by molar-refractivity contribution is 6.37. The molecule has 0 radical (unpaired) electrons. The number of anilines is 2. The van der Waals surface area contributed by atoms with Gasteiger partial charge in [0, 0.05) is 29.9 Å². The molecule has 0 aliphatic carbocycles. The van der Waals surface area contributed by atoms with Gasteiger partial charge in [0.1, 0.15) is 0 Å². The molecule has 9 heteroatoms. The van der Waals surface area contributed by atoms with Crippen LogP contribution in [0.15, 0.2) is 72.8 Å². The van der Waals surface area contributed by atoms with Gasteiger partial charge in [-0.2, -0.15) is 0 Å². The summed E-state index contributed by atoms with van der Waals surface area (Å²) in [5, 5.41) is 24.7. The Morgan fingerprint density at radius 1 is 0.892 bits per heavy atom. The number of benzene rings is 3. The molecule has 4 N–H and O–H groups in total. The van der Waals surface area contributed by atoms with Crippen molar-refractivity contribution < 1.29 is 29.3 Å². The Morgan fingerprint density at radius 2 is 1.59 bits per heavy atom. The van der Waals surface area contributed by atoms with Gasteiger partial charge in [-0.15, -0.1) is 0 Å². The van der Waals surface area contributed by atoms with Crippen molar-refractivity contribution in [2.24, 2.45) is 0 Å². The summed E-state index contributed by atoms with van der Waals surface area (Å²) in [6.07, 6.45) is 0. The van der Waals surface area contributed by atoms with E-state index in [2.05, 4.69) is 10.6 Å². The molecule has 0 bridgehead atoms. The van der Waals surface area contributed by atoms with Gasteiger partial charge in [0.2, 0.25) is 0 Å². The first kappa shape index (κ1) is 25.6. The van der Waals surface area contributed by atoms with Gasteiger partial charge in [-0.3, -0.25) is 9.59 Å². The predicted octanol–water partition coefficient (Wildman–Crippen LogP) is 2.83. The molecule has 0 spiro atoms. The smallest absolute Gasteiger partial charge is 0.337 e. The van der Waals surface area contributed by atoms with E-state index in [1.165, 1.54) is 12.0 Å². The zero-order chi connectivity index (χ0) is 26.4. The summed E-state index contributed by atoms with van der Waals surface area (Å²) in [6.45, 7) is -0.248. The number of carbonyl (C=O) groups excluding carboxylic acids is 3. The first-order valence-corrected chi connectivity index (χ1v) is 11.7. The molecule has 4 rings (SSSR count). The molecule has 37 heavy (non-hydrogen) atoms. The molecule has 0 saturated heterocycles. The highest BCUT2D eigenvalue weighted by Crippen LogP contribution is 2.38. The summed E-state index contributed by atoms with van der Waals surface area (Å²) in [5.74, 6) is -1.18. The van der Waals surface area contributed by atoms with Gasteiger partial charge in [-0.25, -0.2) is 4.79 Å². The van der Waals surface area contributed by atoms with Crippen LogP contribution < -0.4 is 10.6 Å². The van der Waals surface area contributed by atoms with E-state index in [0.717, 1.165) is 5.56 Å². The Kier molecular flexibility index (Phi) is 7.97. The van der Waals surface area contributed by atoms with E-state index in [1.807, 2.05) is 30.3 Å². The van der Waals surface area contributed by atoms with Crippen molar-refractivity contribution in [3.8, 4) is 0 Å². The Morgan fingerprint density at radius 3 is 2.27 bits per heavy atom. The molecule has 0 fully saturated rings. The second-order valence-electron chi connectivity index (χ2n) is 8.27. The summed E-state index contributed by atoms with van der Waals surface area (Å²) in [4.78, 5) is 39.5. The van der Waals surface area contributed by atoms with Crippen LogP contribution in [-0.2, 0) is 9.53 Å². The van der Waals surface area contributed by atoms with Crippen molar-refractivity contribution in [2.45, 2.75) is 0 Å². The molecular weight excluding hydrogens is 474 g/mol. The number of methoxy groups -OCH3 is 1. The number of fused-ring (bicyclic) bond motifs is 1. The van der Waals surface area contributed by atoms with Gasteiger partial charge in [0.15, 0.2) is 0 Å². The van der Waals surface area contributed by atoms with Crippen LogP contribution in [0.1, 0.15) is 31.8 Å². The number of nitrogens with one attached hydrogen (secondary N) is 2. The molecule has 1 aliphatic rings. The molecule has 190 valence electrons. The first-order valence-electron chi connectivity index (χ1n) is 11.7. The molecule has 0 unspecified atom stereocenters. The van der Waals surface area contributed by atoms with E-state index in [9.17, 15) is 24.6 Å². The zero-order valence-corrected chi connectivity index (χ0v) is 20.2. The molecule has 3 aromatic rings. The number of ether oxygens (including phenoxy) is 1. The maximum atomic E-state index is 13.2. The van der Waals surface area contributed by atoms with Crippen LogP contribution in [0.25, 0.3) is 11.3 Å². The summed E-state index contributed by atoms with van der Waals surface area (Å²) < 4.78 is 4.79. The third-order valence-corrected chi connectivity index (χ3v) is 5.90. The van der Waals surface area contributed by atoms with Crippen molar-refractivity contribution in [1.29, 1.82) is 0 Å². The number of rotatable bonds is 9. The van der Waals surface area contributed by atoms with E-state index >= 15 is 0 Å². The van der Waals surface area contributed by atoms with E-state index in [0.29, 0.717) is 39.3 Å². The predicted molar refractivity (Wildman–Crippen MR) is 140 cm³/mol. The second kappa shape index (κ2) is 11.5. The fourth-order valence-electron chi connectivity index (χ4n) is 4.16.